The van der Waals surface area contributed by atoms with E-state index in [0.717, 1.165) is 0 Å². The van der Waals surface area contributed by atoms with Gasteiger partial charge in [-0.3, -0.25) is 0 Å². The minimum Gasteiger partial charge on any atom is -0.496 e. The number of nitrogens with two attached hydrogens (primary N) is 1. The second-order valence-corrected chi connectivity index (χ2v) is 3.68. The van der Waals surface area contributed by atoms with Crippen molar-refractivity contribution in [3.63, 3.8) is 0 Å². The Labute approximate surface area is 100 Å². The molecule has 4 nitrogen and oxygen atoms in total. The monoisotopic (exact) mass is 241 g/mol. The Bertz CT molecular complexity index is 359. The van der Waals surface area contributed by atoms with E-state index in [-0.39, 0.29) is 6.10 Å². The van der Waals surface area contributed by atoms with Gasteiger partial charge in [-0.25, -0.2) is 0 Å². The molecule has 1 unspecified atom stereocenters. The second kappa shape index (κ2) is 5.55. The fraction of sp³-hybridized carbons (Fsp3) is 0.364. The smallest absolute Gasteiger partial charge is 0.145 e. The Morgan fingerprint density at radius 1 is 1.12 bits per heavy atom. The fourth-order valence-electron chi connectivity index (χ4n) is 1.11. The quantitative estimate of drug-likeness (QED) is 0.796. The molecule has 0 saturated carbocycles. The van der Waals surface area contributed by atoms with Crippen molar-refractivity contribution in [1.29, 1.82) is 0 Å². The van der Waals surface area contributed by atoms with E-state index in [4.69, 9.17) is 32.2 Å². The van der Waals surface area contributed by atoms with E-state index in [1.54, 1.807) is 39.3 Å². The molecule has 1 aromatic rings. The first-order chi connectivity index (χ1) is 7.56. The Morgan fingerprint density at radius 3 is 1.94 bits per heavy atom. The van der Waals surface area contributed by atoms with Gasteiger partial charge in [0.25, 0.3) is 0 Å². The highest BCUT2D eigenvalue weighted by Gasteiger charge is 2.09. The van der Waals surface area contributed by atoms with Crippen LogP contribution in [0.5, 0.6) is 17.2 Å². The molecule has 5 heteroatoms. The molecule has 0 saturated heterocycles. The average molecular weight is 241 g/mol. The van der Waals surface area contributed by atoms with Gasteiger partial charge in [0.05, 0.1) is 14.2 Å². The van der Waals surface area contributed by atoms with Gasteiger partial charge in [-0.2, -0.15) is 0 Å². The third-order valence-corrected chi connectivity index (χ3v) is 2.37. The van der Waals surface area contributed by atoms with E-state index in [0.29, 0.717) is 22.2 Å². The molecule has 0 heterocycles. The standard InChI is InChI=1S/C11H15NO3S/c1-7(11(12)16)15-10-5-8(13-2)4-9(6-10)14-3/h4-7H,1-3H3,(H2,12,16). The molecule has 0 aliphatic rings. The van der Waals surface area contributed by atoms with E-state index >= 15 is 0 Å². The third kappa shape index (κ3) is 3.27. The molecule has 0 aliphatic carbocycles. The van der Waals surface area contributed by atoms with Gasteiger partial charge >= 0.3 is 0 Å². The maximum absolute atomic E-state index is 5.53. The predicted molar refractivity (Wildman–Crippen MR) is 66.4 cm³/mol. The van der Waals surface area contributed by atoms with Gasteiger partial charge in [0, 0.05) is 18.2 Å². The predicted octanol–water partition coefficient (Wildman–Crippen LogP) is 1.76. The normalized spacial score (nSPS) is 11.7. The fourth-order valence-corrected chi connectivity index (χ4v) is 1.16. The van der Waals surface area contributed by atoms with E-state index in [2.05, 4.69) is 0 Å². The van der Waals surface area contributed by atoms with E-state index < -0.39 is 0 Å². The summed E-state index contributed by atoms with van der Waals surface area (Å²) in [6.45, 7) is 1.79. The van der Waals surface area contributed by atoms with Crippen LogP contribution in [0.1, 0.15) is 6.92 Å². The van der Waals surface area contributed by atoms with Crippen molar-refractivity contribution in [2.24, 2.45) is 5.73 Å². The van der Waals surface area contributed by atoms with Crippen LogP contribution >= 0.6 is 12.2 Å². The average Bonchev–Trinajstić information content (AvgIpc) is 2.28. The molecule has 0 aromatic heterocycles. The van der Waals surface area contributed by atoms with Crippen LogP contribution in [0.15, 0.2) is 18.2 Å². The molecule has 0 radical (unpaired) electrons. The lowest BCUT2D eigenvalue weighted by Crippen LogP contribution is -2.28. The number of hydrogen-bond acceptors (Lipinski definition) is 4. The maximum Gasteiger partial charge on any atom is 0.145 e. The van der Waals surface area contributed by atoms with Crippen molar-refractivity contribution in [3.05, 3.63) is 18.2 Å². The zero-order valence-corrected chi connectivity index (χ0v) is 10.3. The Morgan fingerprint density at radius 2 is 1.56 bits per heavy atom. The van der Waals surface area contributed by atoms with E-state index in [1.807, 2.05) is 0 Å². The highest BCUT2D eigenvalue weighted by Crippen LogP contribution is 2.27. The summed E-state index contributed by atoms with van der Waals surface area (Å²) < 4.78 is 15.8. The van der Waals surface area contributed by atoms with Gasteiger partial charge in [-0.05, 0) is 6.92 Å². The summed E-state index contributed by atoms with van der Waals surface area (Å²) in [6, 6.07) is 5.26. The lowest BCUT2D eigenvalue weighted by molar-refractivity contribution is 0.284. The largest absolute Gasteiger partial charge is 0.496 e. The molecule has 0 bridgehead atoms. The molecule has 0 amide bonds. The molecular weight excluding hydrogens is 226 g/mol. The van der Waals surface area contributed by atoms with E-state index in [9.17, 15) is 0 Å². The van der Waals surface area contributed by atoms with Crippen LogP contribution in [-0.2, 0) is 0 Å². The minimum atomic E-state index is -0.327. The summed E-state index contributed by atoms with van der Waals surface area (Å²) in [5.41, 5.74) is 5.47. The molecule has 2 N–H and O–H groups in total. The summed E-state index contributed by atoms with van der Waals surface area (Å²) in [6.07, 6.45) is -0.327. The van der Waals surface area contributed by atoms with Crippen LogP contribution in [-0.4, -0.2) is 25.3 Å². The number of methoxy groups -OCH3 is 2. The molecule has 1 aromatic carbocycles. The van der Waals surface area contributed by atoms with Crippen LogP contribution < -0.4 is 19.9 Å². The highest BCUT2D eigenvalue weighted by molar-refractivity contribution is 7.80. The number of ether oxygens (including phenoxy) is 3. The minimum absolute atomic E-state index is 0.307. The molecule has 0 spiro atoms. The zero-order chi connectivity index (χ0) is 12.1. The number of rotatable bonds is 5. The number of hydrogen-bond donors (Lipinski definition) is 1. The van der Waals surface area contributed by atoms with E-state index in [1.165, 1.54) is 0 Å². The second-order valence-electron chi connectivity index (χ2n) is 3.21. The molecular formula is C11H15NO3S. The summed E-state index contributed by atoms with van der Waals surface area (Å²) in [5, 5.41) is 0. The summed E-state index contributed by atoms with van der Waals surface area (Å²) in [4.78, 5) is 0.307. The molecule has 1 rings (SSSR count). The number of thiocarbonyl (C=S) groups is 1. The van der Waals surface area contributed by atoms with Crippen LogP contribution in [0.2, 0.25) is 0 Å². The van der Waals surface area contributed by atoms with Gasteiger partial charge < -0.3 is 19.9 Å². The van der Waals surface area contributed by atoms with Crippen molar-refractivity contribution >= 4 is 17.2 Å². The van der Waals surface area contributed by atoms with Gasteiger partial charge in [-0.1, -0.05) is 12.2 Å². The third-order valence-electron chi connectivity index (χ3n) is 2.04. The van der Waals surface area contributed by atoms with Crippen molar-refractivity contribution in [2.45, 2.75) is 13.0 Å². The Hall–Kier alpha value is -1.49. The molecule has 16 heavy (non-hydrogen) atoms. The molecule has 88 valence electrons. The van der Waals surface area contributed by atoms with Crippen LogP contribution in [0.25, 0.3) is 0 Å². The van der Waals surface area contributed by atoms with Gasteiger partial charge in [0.2, 0.25) is 0 Å². The van der Waals surface area contributed by atoms with Crippen LogP contribution in [0.4, 0.5) is 0 Å². The molecule has 0 aliphatic heterocycles. The highest BCUT2D eigenvalue weighted by atomic mass is 32.1. The first kappa shape index (κ1) is 12.6. The molecule has 1 atom stereocenters. The summed E-state index contributed by atoms with van der Waals surface area (Å²) >= 11 is 4.83. The first-order valence-electron chi connectivity index (χ1n) is 4.76. The van der Waals surface area contributed by atoms with Crippen molar-refractivity contribution < 1.29 is 14.2 Å². The summed E-state index contributed by atoms with van der Waals surface area (Å²) in [7, 11) is 3.16. The van der Waals surface area contributed by atoms with Crippen LogP contribution in [0.3, 0.4) is 0 Å². The first-order valence-corrected chi connectivity index (χ1v) is 5.16. The maximum atomic E-state index is 5.53. The Balaban J connectivity index is 2.90. The summed E-state index contributed by atoms with van der Waals surface area (Å²) in [5.74, 6) is 1.92. The van der Waals surface area contributed by atoms with Crippen LogP contribution in [0, 0.1) is 0 Å². The Kier molecular flexibility index (Phi) is 4.37. The topological polar surface area (TPSA) is 53.7 Å². The van der Waals surface area contributed by atoms with Gasteiger partial charge in [0.1, 0.15) is 28.3 Å². The SMILES string of the molecule is COc1cc(OC)cc(OC(C)C(N)=S)c1. The molecule has 0 fully saturated rings. The van der Waals surface area contributed by atoms with Gasteiger partial charge in [-0.15, -0.1) is 0 Å². The van der Waals surface area contributed by atoms with Gasteiger partial charge in [0.15, 0.2) is 0 Å². The number of benzene rings is 1. The van der Waals surface area contributed by atoms with Crippen molar-refractivity contribution in [3.8, 4) is 17.2 Å². The van der Waals surface area contributed by atoms with Crippen molar-refractivity contribution in [1.82, 2.24) is 0 Å². The zero-order valence-electron chi connectivity index (χ0n) is 9.52. The lowest BCUT2D eigenvalue weighted by Gasteiger charge is -2.14. The lowest BCUT2D eigenvalue weighted by atomic mass is 10.3. The van der Waals surface area contributed by atoms with Crippen molar-refractivity contribution in [2.75, 3.05) is 14.2 Å².